The molecule has 0 bridgehead atoms. The molecule has 0 aliphatic rings. The Hall–Kier alpha value is -1.52. The lowest BCUT2D eigenvalue weighted by Crippen LogP contribution is -2.08. The lowest BCUT2D eigenvalue weighted by molar-refractivity contribution is 0.997. The fourth-order valence-corrected chi connectivity index (χ4v) is 2.27. The van der Waals surface area contributed by atoms with E-state index in [0.717, 1.165) is 36.7 Å². The SMILES string of the molecule is CCNc1cncc(NCCc2ccc(Cl)cc2Cl)n1. The van der Waals surface area contributed by atoms with Gasteiger partial charge in [-0.05, 0) is 31.0 Å². The molecule has 1 heterocycles. The Morgan fingerprint density at radius 1 is 1.10 bits per heavy atom. The number of hydrogen-bond acceptors (Lipinski definition) is 4. The molecule has 6 heteroatoms. The number of nitrogens with zero attached hydrogens (tertiary/aromatic N) is 2. The fraction of sp³-hybridized carbons (Fsp3) is 0.286. The van der Waals surface area contributed by atoms with Gasteiger partial charge in [0, 0.05) is 23.1 Å². The lowest BCUT2D eigenvalue weighted by atomic mass is 10.1. The summed E-state index contributed by atoms with van der Waals surface area (Å²) >= 11 is 12.0. The molecule has 106 valence electrons. The van der Waals surface area contributed by atoms with E-state index < -0.39 is 0 Å². The van der Waals surface area contributed by atoms with Gasteiger partial charge in [0.05, 0.1) is 12.4 Å². The van der Waals surface area contributed by atoms with Crippen molar-refractivity contribution >= 4 is 34.8 Å². The smallest absolute Gasteiger partial charge is 0.146 e. The zero-order chi connectivity index (χ0) is 14.4. The summed E-state index contributed by atoms with van der Waals surface area (Å²) in [7, 11) is 0. The molecule has 0 saturated heterocycles. The molecule has 0 aliphatic carbocycles. The minimum Gasteiger partial charge on any atom is -0.369 e. The number of anilines is 2. The maximum atomic E-state index is 6.13. The summed E-state index contributed by atoms with van der Waals surface area (Å²) in [6.45, 7) is 3.56. The van der Waals surface area contributed by atoms with Crippen molar-refractivity contribution in [2.75, 3.05) is 23.7 Å². The van der Waals surface area contributed by atoms with E-state index in [2.05, 4.69) is 20.6 Å². The van der Waals surface area contributed by atoms with Crippen molar-refractivity contribution in [3.8, 4) is 0 Å². The number of halogens is 2. The second-order valence-corrected chi connectivity index (χ2v) is 5.08. The van der Waals surface area contributed by atoms with E-state index in [4.69, 9.17) is 23.2 Å². The molecular formula is C14H16Cl2N4. The molecule has 2 aromatic rings. The van der Waals surface area contributed by atoms with Gasteiger partial charge in [0.1, 0.15) is 11.6 Å². The topological polar surface area (TPSA) is 49.8 Å². The van der Waals surface area contributed by atoms with Gasteiger partial charge >= 0.3 is 0 Å². The van der Waals surface area contributed by atoms with Gasteiger partial charge < -0.3 is 10.6 Å². The number of aromatic nitrogens is 2. The van der Waals surface area contributed by atoms with Gasteiger partial charge in [-0.3, -0.25) is 4.98 Å². The van der Waals surface area contributed by atoms with Crippen LogP contribution < -0.4 is 10.6 Å². The average Bonchev–Trinajstić information content (AvgIpc) is 2.42. The Kier molecular flexibility index (Phi) is 5.44. The van der Waals surface area contributed by atoms with Crippen LogP contribution in [0.15, 0.2) is 30.6 Å². The molecule has 0 fully saturated rings. The Bertz CT molecular complexity index is 575. The predicted octanol–water partition coefficient (Wildman–Crippen LogP) is 3.87. The summed E-state index contributed by atoms with van der Waals surface area (Å²) in [5.74, 6) is 1.51. The van der Waals surface area contributed by atoms with Gasteiger partial charge in [-0.1, -0.05) is 29.3 Å². The van der Waals surface area contributed by atoms with Gasteiger partial charge in [0.15, 0.2) is 0 Å². The molecule has 0 amide bonds. The van der Waals surface area contributed by atoms with Crippen molar-refractivity contribution in [3.63, 3.8) is 0 Å². The summed E-state index contributed by atoms with van der Waals surface area (Å²) in [4.78, 5) is 8.52. The van der Waals surface area contributed by atoms with Crippen LogP contribution in [0, 0.1) is 0 Å². The second-order valence-electron chi connectivity index (χ2n) is 4.23. The van der Waals surface area contributed by atoms with E-state index in [9.17, 15) is 0 Å². The third kappa shape index (κ3) is 4.25. The number of nitrogens with one attached hydrogen (secondary N) is 2. The highest BCUT2D eigenvalue weighted by Crippen LogP contribution is 2.21. The summed E-state index contributed by atoms with van der Waals surface area (Å²) in [5, 5.41) is 7.69. The summed E-state index contributed by atoms with van der Waals surface area (Å²) in [6.07, 6.45) is 4.19. The van der Waals surface area contributed by atoms with E-state index >= 15 is 0 Å². The molecular weight excluding hydrogens is 295 g/mol. The molecule has 4 nitrogen and oxygen atoms in total. The highest BCUT2D eigenvalue weighted by Gasteiger charge is 2.02. The Labute approximate surface area is 128 Å². The molecule has 0 aliphatic heterocycles. The molecule has 20 heavy (non-hydrogen) atoms. The molecule has 1 aromatic heterocycles. The molecule has 0 spiro atoms. The van der Waals surface area contributed by atoms with Crippen LogP contribution in [0.5, 0.6) is 0 Å². The van der Waals surface area contributed by atoms with Crippen molar-refractivity contribution in [1.29, 1.82) is 0 Å². The first kappa shape index (κ1) is 14.9. The van der Waals surface area contributed by atoms with Crippen molar-refractivity contribution < 1.29 is 0 Å². The van der Waals surface area contributed by atoms with Crippen LogP contribution in [0.3, 0.4) is 0 Å². The van der Waals surface area contributed by atoms with E-state index in [0.29, 0.717) is 10.0 Å². The van der Waals surface area contributed by atoms with E-state index in [1.807, 2.05) is 19.1 Å². The molecule has 0 saturated carbocycles. The van der Waals surface area contributed by atoms with Crippen molar-refractivity contribution in [3.05, 3.63) is 46.2 Å². The van der Waals surface area contributed by atoms with Crippen LogP contribution in [0.25, 0.3) is 0 Å². The summed E-state index contributed by atoms with van der Waals surface area (Å²) in [6, 6.07) is 5.53. The van der Waals surface area contributed by atoms with Crippen LogP contribution >= 0.6 is 23.2 Å². The normalized spacial score (nSPS) is 10.3. The molecule has 2 rings (SSSR count). The number of benzene rings is 1. The monoisotopic (exact) mass is 310 g/mol. The molecule has 0 atom stereocenters. The Morgan fingerprint density at radius 3 is 2.55 bits per heavy atom. The van der Waals surface area contributed by atoms with Crippen LogP contribution in [0.1, 0.15) is 12.5 Å². The maximum absolute atomic E-state index is 6.13. The lowest BCUT2D eigenvalue weighted by Gasteiger charge is -2.08. The zero-order valence-electron chi connectivity index (χ0n) is 11.2. The molecule has 0 radical (unpaired) electrons. The van der Waals surface area contributed by atoms with E-state index in [1.54, 1.807) is 18.5 Å². The van der Waals surface area contributed by atoms with Crippen LogP contribution in [0.4, 0.5) is 11.6 Å². The third-order valence-corrected chi connectivity index (χ3v) is 3.29. The minimum atomic E-state index is 0.649. The number of hydrogen-bond donors (Lipinski definition) is 2. The van der Waals surface area contributed by atoms with Crippen molar-refractivity contribution in [1.82, 2.24) is 9.97 Å². The summed E-state index contributed by atoms with van der Waals surface area (Å²) < 4.78 is 0. The van der Waals surface area contributed by atoms with E-state index in [-0.39, 0.29) is 0 Å². The van der Waals surface area contributed by atoms with E-state index in [1.165, 1.54) is 0 Å². The molecule has 2 N–H and O–H groups in total. The first-order valence-corrected chi connectivity index (χ1v) is 7.18. The molecule has 1 aromatic carbocycles. The predicted molar refractivity (Wildman–Crippen MR) is 84.9 cm³/mol. The summed E-state index contributed by atoms with van der Waals surface area (Å²) in [5.41, 5.74) is 1.05. The molecule has 0 unspecified atom stereocenters. The standard InChI is InChI=1S/C14H16Cl2N4/c1-2-18-13-8-17-9-14(20-13)19-6-5-10-3-4-11(15)7-12(10)16/h3-4,7-9H,2,5-6H2,1H3,(H2,18,19,20). The Balaban J connectivity index is 1.90. The zero-order valence-corrected chi connectivity index (χ0v) is 12.7. The fourth-order valence-electron chi connectivity index (χ4n) is 1.77. The van der Waals surface area contributed by atoms with Gasteiger partial charge in [-0.2, -0.15) is 0 Å². The van der Waals surface area contributed by atoms with Gasteiger partial charge in [-0.15, -0.1) is 0 Å². The highest BCUT2D eigenvalue weighted by molar-refractivity contribution is 6.35. The number of rotatable bonds is 6. The highest BCUT2D eigenvalue weighted by atomic mass is 35.5. The quantitative estimate of drug-likeness (QED) is 0.850. The van der Waals surface area contributed by atoms with Gasteiger partial charge in [-0.25, -0.2) is 4.98 Å². The first-order chi connectivity index (χ1) is 9.69. The van der Waals surface area contributed by atoms with Crippen molar-refractivity contribution in [2.45, 2.75) is 13.3 Å². The van der Waals surface area contributed by atoms with Gasteiger partial charge in [0.25, 0.3) is 0 Å². The first-order valence-electron chi connectivity index (χ1n) is 6.42. The third-order valence-electron chi connectivity index (χ3n) is 2.71. The minimum absolute atomic E-state index is 0.649. The maximum Gasteiger partial charge on any atom is 0.146 e. The second kappa shape index (κ2) is 7.31. The largest absolute Gasteiger partial charge is 0.369 e. The average molecular weight is 311 g/mol. The van der Waals surface area contributed by atoms with Crippen LogP contribution in [-0.2, 0) is 6.42 Å². The van der Waals surface area contributed by atoms with Gasteiger partial charge in [0.2, 0.25) is 0 Å². The van der Waals surface area contributed by atoms with Crippen molar-refractivity contribution in [2.24, 2.45) is 0 Å². The van der Waals surface area contributed by atoms with Crippen LogP contribution in [0.2, 0.25) is 10.0 Å². The van der Waals surface area contributed by atoms with Crippen LogP contribution in [-0.4, -0.2) is 23.1 Å². The Morgan fingerprint density at radius 2 is 1.85 bits per heavy atom.